The minimum absolute atomic E-state index is 0.119. The number of phenolic OH excluding ortho intramolecular Hbond substituents is 1. The number of nitrogens with zero attached hydrogens (tertiary/aromatic N) is 2. The van der Waals surface area contributed by atoms with Crippen molar-refractivity contribution in [2.24, 2.45) is 4.99 Å². The van der Waals surface area contributed by atoms with E-state index in [1.165, 1.54) is 11.8 Å². The first-order chi connectivity index (χ1) is 10.5. The Labute approximate surface area is 133 Å². The molecule has 1 fully saturated rings. The Balaban J connectivity index is 1.78. The molecular formula is C16H18N2O3S. The molecule has 1 aromatic rings. The molecule has 2 aliphatic rings. The lowest BCUT2D eigenvalue weighted by atomic mass is 10.2. The first-order valence-electron chi connectivity index (χ1n) is 7.24. The molecule has 116 valence electrons. The maximum atomic E-state index is 12.1. The van der Waals surface area contributed by atoms with Crippen molar-refractivity contribution in [1.29, 1.82) is 0 Å². The van der Waals surface area contributed by atoms with Crippen molar-refractivity contribution < 1.29 is 14.6 Å². The van der Waals surface area contributed by atoms with Crippen LogP contribution in [0.3, 0.4) is 0 Å². The van der Waals surface area contributed by atoms with E-state index in [2.05, 4.69) is 9.89 Å². The standard InChI is InChI=1S/C16H18N2O3S/c1-10-8-18(9-11(2)21-10)16-17-15(20)14(22-16)7-12-5-3-4-6-13(12)19/h3-7,10-11,19H,8-9H2,1-2H3. The Morgan fingerprint density at radius 2 is 2.00 bits per heavy atom. The molecule has 1 aromatic carbocycles. The van der Waals surface area contributed by atoms with Crippen molar-refractivity contribution in [2.45, 2.75) is 26.1 Å². The van der Waals surface area contributed by atoms with E-state index in [-0.39, 0.29) is 23.9 Å². The fourth-order valence-corrected chi connectivity index (χ4v) is 3.54. The molecule has 2 unspecified atom stereocenters. The number of hydrogen-bond acceptors (Lipinski definition) is 5. The van der Waals surface area contributed by atoms with Crippen LogP contribution in [0.5, 0.6) is 5.75 Å². The van der Waals surface area contributed by atoms with Crippen LogP contribution in [0.1, 0.15) is 19.4 Å². The molecule has 1 saturated heterocycles. The summed E-state index contributed by atoms with van der Waals surface area (Å²) in [5, 5.41) is 10.5. The largest absolute Gasteiger partial charge is 0.507 e. The number of amides is 1. The van der Waals surface area contributed by atoms with Gasteiger partial charge in [-0.15, -0.1) is 0 Å². The van der Waals surface area contributed by atoms with Crippen LogP contribution in [0.2, 0.25) is 0 Å². The van der Waals surface area contributed by atoms with Crippen molar-refractivity contribution >= 4 is 28.9 Å². The number of carbonyl (C=O) groups excluding carboxylic acids is 1. The maximum Gasteiger partial charge on any atom is 0.286 e. The van der Waals surface area contributed by atoms with Gasteiger partial charge in [0.25, 0.3) is 5.91 Å². The summed E-state index contributed by atoms with van der Waals surface area (Å²) in [7, 11) is 0. The summed E-state index contributed by atoms with van der Waals surface area (Å²) < 4.78 is 5.70. The molecule has 2 aliphatic heterocycles. The number of benzene rings is 1. The van der Waals surface area contributed by atoms with Crippen molar-refractivity contribution in [3.8, 4) is 5.75 Å². The van der Waals surface area contributed by atoms with E-state index in [0.29, 0.717) is 15.6 Å². The molecule has 0 spiro atoms. The van der Waals surface area contributed by atoms with Gasteiger partial charge in [0.05, 0.1) is 17.1 Å². The minimum Gasteiger partial charge on any atom is -0.507 e. The lowest BCUT2D eigenvalue weighted by Crippen LogP contribution is -2.47. The van der Waals surface area contributed by atoms with Gasteiger partial charge in [-0.3, -0.25) is 4.79 Å². The van der Waals surface area contributed by atoms with Crippen LogP contribution in [0.4, 0.5) is 0 Å². The zero-order valence-electron chi connectivity index (χ0n) is 12.5. The molecule has 2 heterocycles. The second kappa shape index (κ2) is 6.14. The van der Waals surface area contributed by atoms with Gasteiger partial charge in [-0.2, -0.15) is 4.99 Å². The van der Waals surface area contributed by atoms with Gasteiger partial charge >= 0.3 is 0 Å². The fraction of sp³-hybridized carbons (Fsp3) is 0.375. The van der Waals surface area contributed by atoms with Crippen molar-refractivity contribution in [1.82, 2.24) is 4.90 Å². The summed E-state index contributed by atoms with van der Waals surface area (Å²) in [5.74, 6) is -0.0967. The smallest absolute Gasteiger partial charge is 0.286 e. The molecule has 0 aromatic heterocycles. The Kier molecular flexibility index (Phi) is 4.22. The number of aromatic hydroxyl groups is 1. The second-order valence-corrected chi connectivity index (χ2v) is 6.54. The number of rotatable bonds is 1. The summed E-state index contributed by atoms with van der Waals surface area (Å²) >= 11 is 1.35. The van der Waals surface area contributed by atoms with Gasteiger partial charge in [-0.1, -0.05) is 18.2 Å². The Bertz CT molecular complexity index is 647. The molecule has 1 N–H and O–H groups in total. The number of carbonyl (C=O) groups is 1. The third kappa shape index (κ3) is 3.18. The Hall–Kier alpha value is -1.79. The number of aliphatic imine (C=N–C) groups is 1. The van der Waals surface area contributed by atoms with Crippen LogP contribution in [0, 0.1) is 0 Å². The average molecular weight is 318 g/mol. The quantitative estimate of drug-likeness (QED) is 0.806. The Morgan fingerprint density at radius 3 is 2.68 bits per heavy atom. The topological polar surface area (TPSA) is 62.1 Å². The third-order valence-electron chi connectivity index (χ3n) is 3.52. The molecule has 0 saturated carbocycles. The van der Waals surface area contributed by atoms with Crippen LogP contribution in [-0.4, -0.2) is 46.4 Å². The van der Waals surface area contributed by atoms with E-state index in [9.17, 15) is 9.90 Å². The zero-order chi connectivity index (χ0) is 15.7. The lowest BCUT2D eigenvalue weighted by molar-refractivity contribution is -0.113. The van der Waals surface area contributed by atoms with Crippen LogP contribution in [0.25, 0.3) is 6.08 Å². The second-order valence-electron chi connectivity index (χ2n) is 5.53. The summed E-state index contributed by atoms with van der Waals surface area (Å²) in [6, 6.07) is 6.94. The lowest BCUT2D eigenvalue weighted by Gasteiger charge is -2.35. The predicted molar refractivity (Wildman–Crippen MR) is 87.7 cm³/mol. The van der Waals surface area contributed by atoms with Crippen molar-refractivity contribution in [3.05, 3.63) is 34.7 Å². The van der Waals surface area contributed by atoms with Gasteiger partial charge in [-0.05, 0) is 37.8 Å². The molecule has 6 heteroatoms. The average Bonchev–Trinajstić information content (AvgIpc) is 2.82. The minimum atomic E-state index is -0.255. The molecular weight excluding hydrogens is 300 g/mol. The van der Waals surface area contributed by atoms with Crippen LogP contribution < -0.4 is 0 Å². The number of phenols is 1. The first-order valence-corrected chi connectivity index (χ1v) is 8.05. The summed E-state index contributed by atoms with van der Waals surface area (Å²) in [5.41, 5.74) is 0.624. The molecule has 0 radical (unpaired) electrons. The number of para-hydroxylation sites is 1. The first kappa shape index (κ1) is 15.1. The van der Waals surface area contributed by atoms with Gasteiger partial charge in [0, 0.05) is 18.7 Å². The molecule has 0 bridgehead atoms. The number of morpholine rings is 1. The van der Waals surface area contributed by atoms with E-state index in [0.717, 1.165) is 13.1 Å². The van der Waals surface area contributed by atoms with Gasteiger partial charge in [0.15, 0.2) is 5.17 Å². The maximum absolute atomic E-state index is 12.1. The van der Waals surface area contributed by atoms with E-state index >= 15 is 0 Å². The molecule has 5 nitrogen and oxygen atoms in total. The summed E-state index contributed by atoms with van der Waals surface area (Å²) in [6.45, 7) is 5.49. The summed E-state index contributed by atoms with van der Waals surface area (Å²) in [4.78, 5) is 18.9. The van der Waals surface area contributed by atoms with E-state index in [4.69, 9.17) is 4.74 Å². The molecule has 2 atom stereocenters. The monoisotopic (exact) mass is 318 g/mol. The Morgan fingerprint density at radius 1 is 1.32 bits per heavy atom. The highest BCUT2D eigenvalue weighted by Crippen LogP contribution is 2.32. The number of hydrogen-bond donors (Lipinski definition) is 1. The van der Waals surface area contributed by atoms with Crippen LogP contribution in [-0.2, 0) is 9.53 Å². The van der Waals surface area contributed by atoms with Gasteiger partial charge in [0.1, 0.15) is 5.75 Å². The van der Waals surface area contributed by atoms with Crippen LogP contribution in [0.15, 0.2) is 34.2 Å². The van der Waals surface area contributed by atoms with Gasteiger partial charge in [-0.25, -0.2) is 0 Å². The van der Waals surface area contributed by atoms with Gasteiger partial charge < -0.3 is 14.7 Å². The highest BCUT2D eigenvalue weighted by Gasteiger charge is 2.31. The van der Waals surface area contributed by atoms with E-state index in [1.807, 2.05) is 19.9 Å². The molecule has 1 amide bonds. The number of amidine groups is 1. The molecule has 3 rings (SSSR count). The number of thioether (sulfide) groups is 1. The van der Waals surface area contributed by atoms with E-state index in [1.54, 1.807) is 24.3 Å². The predicted octanol–water partition coefficient (Wildman–Crippen LogP) is 2.47. The zero-order valence-corrected chi connectivity index (χ0v) is 13.3. The SMILES string of the molecule is CC1CN(C2=NC(=O)C(=Cc3ccccc3O)S2)CC(C)O1. The van der Waals surface area contributed by atoms with E-state index < -0.39 is 0 Å². The number of ether oxygens (including phenoxy) is 1. The van der Waals surface area contributed by atoms with Crippen molar-refractivity contribution in [3.63, 3.8) is 0 Å². The third-order valence-corrected chi connectivity index (χ3v) is 4.57. The highest BCUT2D eigenvalue weighted by molar-refractivity contribution is 8.18. The summed E-state index contributed by atoms with van der Waals surface area (Å²) in [6.07, 6.45) is 1.92. The fourth-order valence-electron chi connectivity index (χ4n) is 2.62. The van der Waals surface area contributed by atoms with Gasteiger partial charge in [0.2, 0.25) is 0 Å². The normalized spacial score (nSPS) is 27.4. The highest BCUT2D eigenvalue weighted by atomic mass is 32.2. The molecule has 22 heavy (non-hydrogen) atoms. The molecule has 0 aliphatic carbocycles. The van der Waals surface area contributed by atoms with Crippen molar-refractivity contribution in [2.75, 3.05) is 13.1 Å². The van der Waals surface area contributed by atoms with Crippen LogP contribution >= 0.6 is 11.8 Å².